The molecular weight excluding hydrogens is 326 g/mol. The summed E-state index contributed by atoms with van der Waals surface area (Å²) in [5.74, 6) is 1.41. The summed E-state index contributed by atoms with van der Waals surface area (Å²) >= 11 is 0. The number of fused-ring (bicyclic) bond motifs is 3. The maximum atomic E-state index is 8.99. The summed E-state index contributed by atoms with van der Waals surface area (Å²) in [5.41, 5.74) is 3.75. The van der Waals surface area contributed by atoms with E-state index in [0.717, 1.165) is 59.3 Å². The summed E-state index contributed by atoms with van der Waals surface area (Å²) in [4.78, 5) is 21.3. The second kappa shape index (κ2) is 6.06. The Labute approximate surface area is 150 Å². The van der Waals surface area contributed by atoms with Crippen molar-refractivity contribution in [2.45, 2.75) is 38.1 Å². The van der Waals surface area contributed by atoms with Gasteiger partial charge in [0.05, 0.1) is 24.0 Å². The van der Waals surface area contributed by atoms with Gasteiger partial charge in [0.15, 0.2) is 5.82 Å². The third-order valence-corrected chi connectivity index (χ3v) is 5.56. The van der Waals surface area contributed by atoms with Crippen molar-refractivity contribution in [1.29, 1.82) is 5.26 Å². The van der Waals surface area contributed by atoms with Gasteiger partial charge >= 0.3 is 0 Å². The second-order valence-electron chi connectivity index (χ2n) is 7.07. The average Bonchev–Trinajstić information content (AvgIpc) is 3.40. The van der Waals surface area contributed by atoms with E-state index < -0.39 is 0 Å². The average molecular weight is 345 g/mol. The van der Waals surface area contributed by atoms with Crippen LogP contribution in [0.15, 0.2) is 28.4 Å². The summed E-state index contributed by atoms with van der Waals surface area (Å²) in [6.45, 7) is 0.477. The van der Waals surface area contributed by atoms with Crippen molar-refractivity contribution in [3.8, 4) is 6.07 Å². The first kappa shape index (κ1) is 15.3. The second-order valence-corrected chi connectivity index (χ2v) is 7.07. The number of nitriles is 1. The molecule has 3 aromatic heterocycles. The van der Waals surface area contributed by atoms with Crippen molar-refractivity contribution in [2.75, 3.05) is 6.67 Å². The maximum absolute atomic E-state index is 8.99. The number of hydrogen-bond acceptors (Lipinski definition) is 5. The number of imidazole rings is 1. The maximum Gasteiger partial charge on any atom is 0.161 e. The number of rotatable bonds is 3. The van der Waals surface area contributed by atoms with Gasteiger partial charge in [-0.3, -0.25) is 9.98 Å². The number of aliphatic imine (C=N–C) groups is 2. The third kappa shape index (κ3) is 2.33. The molecule has 0 spiro atoms. The van der Waals surface area contributed by atoms with Crippen molar-refractivity contribution in [3.63, 3.8) is 0 Å². The van der Waals surface area contributed by atoms with Crippen molar-refractivity contribution < 1.29 is 0 Å². The Kier molecular flexibility index (Phi) is 3.56. The van der Waals surface area contributed by atoms with Crippen molar-refractivity contribution in [3.05, 3.63) is 24.3 Å². The Morgan fingerprint density at radius 2 is 2.15 bits per heavy atom. The molecule has 0 unspecified atom stereocenters. The lowest BCUT2D eigenvalue weighted by molar-refractivity contribution is 0.281. The van der Waals surface area contributed by atoms with E-state index in [0.29, 0.717) is 25.0 Å². The van der Waals surface area contributed by atoms with Crippen LogP contribution in [0.1, 0.15) is 44.0 Å². The lowest BCUT2D eigenvalue weighted by Crippen LogP contribution is -2.22. The number of nitrogens with one attached hydrogen (secondary N) is 1. The van der Waals surface area contributed by atoms with Crippen LogP contribution in [0.3, 0.4) is 0 Å². The largest absolute Gasteiger partial charge is 0.346 e. The van der Waals surface area contributed by atoms with Crippen LogP contribution < -0.4 is 0 Å². The minimum absolute atomic E-state index is 0.363. The number of nitrogens with zero attached hydrogens (tertiary/aromatic N) is 6. The zero-order valence-corrected chi connectivity index (χ0v) is 14.4. The highest BCUT2D eigenvalue weighted by molar-refractivity contribution is 6.38. The van der Waals surface area contributed by atoms with E-state index in [1.54, 1.807) is 0 Å². The van der Waals surface area contributed by atoms with Gasteiger partial charge < -0.3 is 9.55 Å². The Bertz CT molecular complexity index is 1070. The van der Waals surface area contributed by atoms with Gasteiger partial charge in [0.1, 0.15) is 23.5 Å². The van der Waals surface area contributed by atoms with Crippen LogP contribution >= 0.6 is 0 Å². The normalized spacial score (nSPS) is 22.8. The van der Waals surface area contributed by atoms with Crippen molar-refractivity contribution in [1.82, 2.24) is 19.5 Å². The molecule has 7 nitrogen and oxygen atoms in total. The molecular formula is C19H19N7. The van der Waals surface area contributed by atoms with E-state index in [9.17, 15) is 0 Å². The van der Waals surface area contributed by atoms with Gasteiger partial charge in [-0.2, -0.15) is 5.26 Å². The monoisotopic (exact) mass is 345 g/mol. The van der Waals surface area contributed by atoms with Crippen LogP contribution in [-0.2, 0) is 0 Å². The van der Waals surface area contributed by atoms with Crippen LogP contribution in [0.2, 0.25) is 0 Å². The smallest absolute Gasteiger partial charge is 0.161 e. The Morgan fingerprint density at radius 3 is 2.92 bits per heavy atom. The first-order chi connectivity index (χ1) is 12.8. The van der Waals surface area contributed by atoms with E-state index in [4.69, 9.17) is 10.2 Å². The molecule has 1 saturated carbocycles. The van der Waals surface area contributed by atoms with Crippen LogP contribution in [-0.4, -0.2) is 38.1 Å². The molecule has 1 fully saturated rings. The predicted octanol–water partition coefficient (Wildman–Crippen LogP) is 3.39. The van der Waals surface area contributed by atoms with Crippen molar-refractivity contribution in [2.24, 2.45) is 15.9 Å². The summed E-state index contributed by atoms with van der Waals surface area (Å²) in [7, 11) is 0. The SMILES string of the molecule is N#CCC1CCC(n2c(C3=NCN=C3)nc3cnc4[nH]ccc4c32)CC1. The molecule has 0 aromatic carbocycles. The Hall–Kier alpha value is -3.01. The molecule has 0 radical (unpaired) electrons. The van der Waals surface area contributed by atoms with E-state index >= 15 is 0 Å². The predicted molar refractivity (Wildman–Crippen MR) is 101 cm³/mol. The number of pyridine rings is 1. The highest BCUT2D eigenvalue weighted by atomic mass is 15.1. The first-order valence-corrected chi connectivity index (χ1v) is 9.11. The number of aromatic nitrogens is 4. The molecule has 1 N–H and O–H groups in total. The molecule has 26 heavy (non-hydrogen) atoms. The van der Waals surface area contributed by atoms with E-state index in [2.05, 4.69) is 36.7 Å². The molecule has 3 aromatic rings. The molecule has 0 bridgehead atoms. The van der Waals surface area contributed by atoms with Gasteiger partial charge in [-0.15, -0.1) is 0 Å². The molecule has 0 atom stereocenters. The minimum atomic E-state index is 0.363. The fourth-order valence-electron chi connectivity index (χ4n) is 4.28. The van der Waals surface area contributed by atoms with Gasteiger partial charge in [-0.1, -0.05) is 0 Å². The quantitative estimate of drug-likeness (QED) is 0.788. The van der Waals surface area contributed by atoms with Gasteiger partial charge in [0, 0.05) is 24.0 Å². The molecule has 7 heteroatoms. The van der Waals surface area contributed by atoms with Crippen LogP contribution in [0.5, 0.6) is 0 Å². The lowest BCUT2D eigenvalue weighted by Gasteiger charge is -2.29. The highest BCUT2D eigenvalue weighted by Crippen LogP contribution is 2.38. The van der Waals surface area contributed by atoms with Gasteiger partial charge in [-0.05, 0) is 37.7 Å². The molecule has 1 aliphatic heterocycles. The number of aromatic amines is 1. The molecule has 4 heterocycles. The topological polar surface area (TPSA) is 95.0 Å². The van der Waals surface area contributed by atoms with E-state index in [1.165, 1.54) is 0 Å². The summed E-state index contributed by atoms with van der Waals surface area (Å²) in [6, 6.07) is 4.76. The van der Waals surface area contributed by atoms with E-state index in [1.807, 2.05) is 18.6 Å². The first-order valence-electron chi connectivity index (χ1n) is 9.11. The molecule has 0 saturated heterocycles. The summed E-state index contributed by atoms with van der Waals surface area (Å²) in [6.07, 6.45) is 10.5. The van der Waals surface area contributed by atoms with Crippen molar-refractivity contribution >= 4 is 34.0 Å². The minimum Gasteiger partial charge on any atom is -0.346 e. The third-order valence-electron chi connectivity index (χ3n) is 5.56. The van der Waals surface area contributed by atoms with Crippen LogP contribution in [0.4, 0.5) is 0 Å². The molecule has 1 aliphatic carbocycles. The zero-order chi connectivity index (χ0) is 17.5. The molecule has 130 valence electrons. The van der Waals surface area contributed by atoms with Gasteiger partial charge in [0.25, 0.3) is 0 Å². The standard InChI is InChI=1S/C19H19N7/c20-7-5-12-1-3-13(4-2-12)26-17-14-6-8-22-18(14)23-10-15(17)25-19(26)16-9-21-11-24-16/h6,8-10,12-13H,1-5,11H2,(H,22,23). The Morgan fingerprint density at radius 1 is 1.27 bits per heavy atom. The van der Waals surface area contributed by atoms with Gasteiger partial charge in [0.2, 0.25) is 0 Å². The number of H-pyrrole nitrogens is 1. The summed E-state index contributed by atoms with van der Waals surface area (Å²) < 4.78 is 2.35. The lowest BCUT2D eigenvalue weighted by atomic mass is 9.84. The zero-order valence-electron chi connectivity index (χ0n) is 14.4. The molecule has 2 aliphatic rings. The van der Waals surface area contributed by atoms with Crippen LogP contribution in [0.25, 0.3) is 22.1 Å². The highest BCUT2D eigenvalue weighted by Gasteiger charge is 2.28. The van der Waals surface area contributed by atoms with Gasteiger partial charge in [-0.25, -0.2) is 9.97 Å². The number of hydrogen-bond donors (Lipinski definition) is 1. The van der Waals surface area contributed by atoms with E-state index in [-0.39, 0.29) is 0 Å². The summed E-state index contributed by atoms with van der Waals surface area (Å²) in [5, 5.41) is 10.1. The molecule has 5 rings (SSSR count). The van der Waals surface area contributed by atoms with Crippen LogP contribution in [0, 0.1) is 17.2 Å². The Balaban J connectivity index is 1.66. The molecule has 0 amide bonds. The fraction of sp³-hybridized carbons (Fsp3) is 0.421. The fourth-order valence-corrected chi connectivity index (χ4v) is 4.28.